The van der Waals surface area contributed by atoms with Crippen LogP contribution in [-0.2, 0) is 9.84 Å². The van der Waals surface area contributed by atoms with E-state index in [1.165, 1.54) is 0 Å². The average Bonchev–Trinajstić information content (AvgIpc) is 2.55. The molecule has 1 aliphatic heterocycles. The molecule has 8 heteroatoms. The van der Waals surface area contributed by atoms with Crippen LogP contribution in [0.2, 0.25) is 5.02 Å². The number of aliphatic hydroxyl groups excluding tert-OH is 1. The number of rotatable bonds is 2. The Labute approximate surface area is 115 Å². The average molecular weight is 305 g/mol. The first-order valence-electron chi connectivity index (χ1n) is 5.57. The Morgan fingerprint density at radius 2 is 1.89 bits per heavy atom. The van der Waals surface area contributed by atoms with Gasteiger partial charge in [-0.15, -0.1) is 0 Å². The number of aliphatic hydroxyl groups is 1. The summed E-state index contributed by atoms with van der Waals surface area (Å²) in [4.78, 5) is 11.6. The highest BCUT2D eigenvalue weighted by atomic mass is 35.5. The number of anilines is 1. The van der Waals surface area contributed by atoms with Crippen LogP contribution in [0.1, 0.15) is 0 Å². The van der Waals surface area contributed by atoms with Gasteiger partial charge in [-0.2, -0.15) is 0 Å². The van der Waals surface area contributed by atoms with Crippen LogP contribution in [0.4, 0.5) is 10.5 Å². The lowest BCUT2D eigenvalue weighted by atomic mass is 10.2. The summed E-state index contributed by atoms with van der Waals surface area (Å²) < 4.78 is 22.6. The molecule has 1 fully saturated rings. The molecule has 0 aromatic heterocycles. The molecule has 1 aromatic rings. The molecule has 0 bridgehead atoms. The minimum Gasteiger partial charge on any atom is -0.390 e. The quantitative estimate of drug-likeness (QED) is 0.746. The predicted octanol–water partition coefficient (Wildman–Crippen LogP) is 0.619. The molecule has 1 aromatic carbocycles. The number of halogens is 1. The summed E-state index contributed by atoms with van der Waals surface area (Å²) in [6.07, 6.45) is -1.07. The molecule has 1 heterocycles. The Morgan fingerprint density at radius 3 is 2.42 bits per heavy atom. The maximum absolute atomic E-state index is 11.6. The van der Waals surface area contributed by atoms with Crippen molar-refractivity contribution in [2.45, 2.75) is 12.1 Å². The minimum absolute atomic E-state index is 0.248. The second kappa shape index (κ2) is 5.36. The molecule has 1 aliphatic rings. The van der Waals surface area contributed by atoms with Gasteiger partial charge < -0.3 is 15.7 Å². The van der Waals surface area contributed by atoms with Gasteiger partial charge in [0.1, 0.15) is 0 Å². The first kappa shape index (κ1) is 14.1. The van der Waals surface area contributed by atoms with E-state index in [4.69, 9.17) is 11.6 Å². The Kier molecular flexibility index (Phi) is 3.98. The smallest absolute Gasteiger partial charge is 0.319 e. The van der Waals surface area contributed by atoms with Gasteiger partial charge in [0.2, 0.25) is 0 Å². The van der Waals surface area contributed by atoms with Crippen molar-refractivity contribution < 1.29 is 18.3 Å². The third-order valence-corrected chi connectivity index (χ3v) is 4.71. The maximum Gasteiger partial charge on any atom is 0.319 e. The topological polar surface area (TPSA) is 95.5 Å². The van der Waals surface area contributed by atoms with Gasteiger partial charge in [-0.1, -0.05) is 11.6 Å². The maximum atomic E-state index is 11.6. The molecule has 104 valence electrons. The predicted molar refractivity (Wildman–Crippen MR) is 72.1 cm³/mol. The molecule has 0 saturated carbocycles. The summed E-state index contributed by atoms with van der Waals surface area (Å²) in [6.45, 7) is 0. The highest BCUT2D eigenvalue weighted by molar-refractivity contribution is 7.91. The summed E-state index contributed by atoms with van der Waals surface area (Å²) in [5.41, 5.74) is 0.525. The standard InChI is InChI=1S/C11H13ClN2O4S/c12-7-1-3-8(4-2-7)13-11(16)14-9-5-19(17,18)6-10(9)15/h1-4,9-10,15H,5-6H2,(H2,13,14,16). The summed E-state index contributed by atoms with van der Waals surface area (Å²) in [7, 11) is -3.28. The van der Waals surface area contributed by atoms with Gasteiger partial charge >= 0.3 is 6.03 Å². The number of carbonyl (C=O) groups excluding carboxylic acids is 1. The number of carbonyl (C=O) groups is 1. The van der Waals surface area contributed by atoms with Gasteiger partial charge in [0.25, 0.3) is 0 Å². The first-order valence-corrected chi connectivity index (χ1v) is 7.77. The number of sulfone groups is 1. The van der Waals surface area contributed by atoms with E-state index in [1.54, 1.807) is 24.3 Å². The van der Waals surface area contributed by atoms with Crippen LogP contribution in [0.25, 0.3) is 0 Å². The van der Waals surface area contributed by atoms with Crippen LogP contribution in [0, 0.1) is 0 Å². The normalized spacial score (nSPS) is 24.9. The fourth-order valence-electron chi connectivity index (χ4n) is 1.84. The van der Waals surface area contributed by atoms with E-state index in [2.05, 4.69) is 10.6 Å². The zero-order valence-electron chi connectivity index (χ0n) is 9.84. The molecule has 6 nitrogen and oxygen atoms in total. The molecular weight excluding hydrogens is 292 g/mol. The van der Waals surface area contributed by atoms with Gasteiger partial charge in [0, 0.05) is 10.7 Å². The Morgan fingerprint density at radius 1 is 1.26 bits per heavy atom. The lowest BCUT2D eigenvalue weighted by molar-refractivity contribution is 0.167. The fraction of sp³-hybridized carbons (Fsp3) is 0.364. The first-order chi connectivity index (χ1) is 8.85. The third kappa shape index (κ3) is 3.82. The number of hydrogen-bond acceptors (Lipinski definition) is 4. The Balaban J connectivity index is 1.93. The zero-order valence-corrected chi connectivity index (χ0v) is 11.4. The van der Waals surface area contributed by atoms with Gasteiger partial charge in [0.05, 0.1) is 23.7 Å². The van der Waals surface area contributed by atoms with E-state index in [0.717, 1.165) is 0 Å². The minimum atomic E-state index is -3.28. The van der Waals surface area contributed by atoms with Crippen LogP contribution in [-0.4, -0.2) is 43.2 Å². The SMILES string of the molecule is O=C(Nc1ccc(Cl)cc1)NC1CS(=O)(=O)CC1O. The van der Waals surface area contributed by atoms with E-state index in [-0.39, 0.29) is 11.5 Å². The largest absolute Gasteiger partial charge is 0.390 e. The monoisotopic (exact) mass is 304 g/mol. The van der Waals surface area contributed by atoms with E-state index >= 15 is 0 Å². The molecule has 3 N–H and O–H groups in total. The molecule has 19 heavy (non-hydrogen) atoms. The van der Waals surface area contributed by atoms with Crippen molar-refractivity contribution in [3.8, 4) is 0 Å². The van der Waals surface area contributed by atoms with E-state index in [0.29, 0.717) is 10.7 Å². The van der Waals surface area contributed by atoms with Gasteiger partial charge in [-0.3, -0.25) is 0 Å². The van der Waals surface area contributed by atoms with Crippen molar-refractivity contribution in [3.05, 3.63) is 29.3 Å². The van der Waals surface area contributed by atoms with Crippen molar-refractivity contribution >= 4 is 33.2 Å². The van der Waals surface area contributed by atoms with E-state index in [9.17, 15) is 18.3 Å². The van der Waals surface area contributed by atoms with Crippen molar-refractivity contribution in [1.29, 1.82) is 0 Å². The van der Waals surface area contributed by atoms with Crippen LogP contribution in [0.3, 0.4) is 0 Å². The van der Waals surface area contributed by atoms with Crippen molar-refractivity contribution in [3.63, 3.8) is 0 Å². The molecule has 0 aliphatic carbocycles. The molecule has 2 rings (SSSR count). The molecule has 2 amide bonds. The summed E-state index contributed by atoms with van der Waals surface area (Å²) >= 11 is 5.71. The van der Waals surface area contributed by atoms with Gasteiger partial charge in [-0.05, 0) is 24.3 Å². The van der Waals surface area contributed by atoms with Crippen molar-refractivity contribution in [2.24, 2.45) is 0 Å². The summed E-state index contributed by atoms with van der Waals surface area (Å²) in [5.74, 6) is -0.568. The molecule has 2 unspecified atom stereocenters. The Bertz CT molecular complexity index is 573. The van der Waals surface area contributed by atoms with Crippen LogP contribution >= 0.6 is 11.6 Å². The number of benzene rings is 1. The highest BCUT2D eigenvalue weighted by Gasteiger charge is 2.37. The molecule has 2 atom stereocenters. The third-order valence-electron chi connectivity index (χ3n) is 2.74. The zero-order chi connectivity index (χ0) is 14.0. The summed E-state index contributed by atoms with van der Waals surface area (Å²) in [5, 5.41) is 15.0. The molecule has 0 radical (unpaired) electrons. The molecule has 0 spiro atoms. The number of urea groups is 1. The molecule has 1 saturated heterocycles. The van der Waals surface area contributed by atoms with Crippen molar-refractivity contribution in [1.82, 2.24) is 5.32 Å². The van der Waals surface area contributed by atoms with E-state index < -0.39 is 28.0 Å². The van der Waals surface area contributed by atoms with Gasteiger partial charge in [0.15, 0.2) is 9.84 Å². The van der Waals surface area contributed by atoms with Crippen LogP contribution in [0.5, 0.6) is 0 Å². The number of hydrogen-bond donors (Lipinski definition) is 3. The van der Waals surface area contributed by atoms with E-state index in [1.807, 2.05) is 0 Å². The number of nitrogens with one attached hydrogen (secondary N) is 2. The fourth-order valence-corrected chi connectivity index (χ4v) is 3.70. The Hall–Kier alpha value is -1.31. The van der Waals surface area contributed by atoms with Crippen LogP contribution in [0.15, 0.2) is 24.3 Å². The molecular formula is C11H13ClN2O4S. The second-order valence-corrected chi connectivity index (χ2v) is 6.95. The van der Waals surface area contributed by atoms with Gasteiger partial charge in [-0.25, -0.2) is 13.2 Å². The highest BCUT2D eigenvalue weighted by Crippen LogP contribution is 2.15. The number of amides is 2. The van der Waals surface area contributed by atoms with Crippen LogP contribution < -0.4 is 10.6 Å². The summed E-state index contributed by atoms with van der Waals surface area (Å²) in [6, 6.07) is 5.12. The lowest BCUT2D eigenvalue weighted by Gasteiger charge is -2.15. The van der Waals surface area contributed by atoms with Crippen molar-refractivity contribution in [2.75, 3.05) is 16.8 Å². The second-order valence-electron chi connectivity index (χ2n) is 4.36. The lowest BCUT2D eigenvalue weighted by Crippen LogP contribution is -2.44.